The summed E-state index contributed by atoms with van der Waals surface area (Å²) in [6.07, 6.45) is 3.39. The molecule has 1 heterocycles. The van der Waals surface area contributed by atoms with Gasteiger partial charge in [-0.3, -0.25) is 10.8 Å². The number of nitrogens with two attached hydrogens (primary N) is 1. The van der Waals surface area contributed by atoms with E-state index in [1.165, 1.54) is 6.07 Å². The second kappa shape index (κ2) is 5.56. The van der Waals surface area contributed by atoms with Gasteiger partial charge >= 0.3 is 0 Å². The molecule has 2 aromatic rings. The van der Waals surface area contributed by atoms with Gasteiger partial charge in [0, 0.05) is 22.4 Å². The van der Waals surface area contributed by atoms with Crippen molar-refractivity contribution in [1.82, 2.24) is 10.4 Å². The summed E-state index contributed by atoms with van der Waals surface area (Å²) in [5.41, 5.74) is 4.99. The van der Waals surface area contributed by atoms with E-state index >= 15 is 0 Å². The van der Waals surface area contributed by atoms with Crippen molar-refractivity contribution in [3.8, 4) is 0 Å². The number of halogens is 2. The van der Waals surface area contributed by atoms with E-state index < -0.39 is 6.04 Å². The lowest BCUT2D eigenvalue weighted by molar-refractivity contribution is 0.555. The van der Waals surface area contributed by atoms with Crippen LogP contribution in [-0.4, -0.2) is 4.98 Å². The first-order valence-corrected chi connectivity index (χ1v) is 6.25. The highest BCUT2D eigenvalue weighted by Crippen LogP contribution is 2.31. The summed E-state index contributed by atoms with van der Waals surface area (Å²) in [5.74, 6) is 5.27. The van der Waals surface area contributed by atoms with Gasteiger partial charge in [-0.05, 0) is 36.2 Å². The van der Waals surface area contributed by atoms with Gasteiger partial charge in [-0.2, -0.15) is 0 Å². The fourth-order valence-corrected chi connectivity index (χ4v) is 2.46. The second-order valence-electron chi connectivity index (χ2n) is 3.97. The number of nitrogens with one attached hydrogen (secondary N) is 1. The van der Waals surface area contributed by atoms with Gasteiger partial charge < -0.3 is 0 Å². The van der Waals surface area contributed by atoms with Crippen molar-refractivity contribution < 1.29 is 4.39 Å². The number of hydrogen-bond acceptors (Lipinski definition) is 3. The normalized spacial score (nSPS) is 12.4. The minimum atomic E-state index is -0.436. The van der Waals surface area contributed by atoms with Crippen molar-refractivity contribution in [2.75, 3.05) is 0 Å². The number of aryl methyl sites for hydroxylation is 1. The van der Waals surface area contributed by atoms with Crippen molar-refractivity contribution >= 4 is 15.9 Å². The molecule has 0 aliphatic rings. The highest BCUT2D eigenvalue weighted by atomic mass is 79.9. The van der Waals surface area contributed by atoms with Crippen LogP contribution in [0, 0.1) is 12.7 Å². The van der Waals surface area contributed by atoms with E-state index in [1.807, 2.05) is 13.0 Å². The summed E-state index contributed by atoms with van der Waals surface area (Å²) < 4.78 is 14.6. The Labute approximate surface area is 113 Å². The van der Waals surface area contributed by atoms with Crippen molar-refractivity contribution in [1.29, 1.82) is 0 Å². The smallest absolute Gasteiger partial charge is 0.129 e. The lowest BCUT2D eigenvalue weighted by Crippen LogP contribution is -2.30. The summed E-state index contributed by atoms with van der Waals surface area (Å²) in [4.78, 5) is 4.07. The van der Waals surface area contributed by atoms with Crippen LogP contribution in [0.3, 0.4) is 0 Å². The molecule has 3 N–H and O–H groups in total. The summed E-state index contributed by atoms with van der Waals surface area (Å²) in [7, 11) is 0. The second-order valence-corrected chi connectivity index (χ2v) is 4.82. The molecule has 18 heavy (non-hydrogen) atoms. The molecule has 0 saturated carbocycles. The van der Waals surface area contributed by atoms with Gasteiger partial charge in [0.25, 0.3) is 0 Å². The Balaban J connectivity index is 2.56. The predicted molar refractivity (Wildman–Crippen MR) is 72.2 cm³/mol. The number of aromatic nitrogens is 1. The van der Waals surface area contributed by atoms with E-state index in [0.717, 1.165) is 11.1 Å². The van der Waals surface area contributed by atoms with E-state index in [-0.39, 0.29) is 5.82 Å². The number of benzene rings is 1. The maximum absolute atomic E-state index is 14.0. The molecule has 0 fully saturated rings. The Kier molecular flexibility index (Phi) is 4.06. The molecule has 3 nitrogen and oxygen atoms in total. The third-order valence-electron chi connectivity index (χ3n) is 2.85. The Hall–Kier alpha value is -1.30. The number of nitrogens with zero attached hydrogens (tertiary/aromatic N) is 1. The molecule has 1 atom stereocenters. The van der Waals surface area contributed by atoms with Crippen molar-refractivity contribution in [2.24, 2.45) is 5.84 Å². The van der Waals surface area contributed by atoms with Gasteiger partial charge in [0.15, 0.2) is 0 Å². The van der Waals surface area contributed by atoms with Crippen LogP contribution >= 0.6 is 15.9 Å². The van der Waals surface area contributed by atoms with E-state index in [0.29, 0.717) is 10.0 Å². The molecule has 94 valence electrons. The Morgan fingerprint density at radius 1 is 1.39 bits per heavy atom. The molecule has 1 aromatic heterocycles. The third kappa shape index (κ3) is 2.43. The molecule has 1 unspecified atom stereocenters. The predicted octanol–water partition coefficient (Wildman–Crippen LogP) is 2.84. The summed E-state index contributed by atoms with van der Waals surface area (Å²) in [6, 6.07) is 6.28. The largest absolute Gasteiger partial charge is 0.271 e. The lowest BCUT2D eigenvalue weighted by Gasteiger charge is -2.20. The zero-order valence-electron chi connectivity index (χ0n) is 9.82. The highest BCUT2D eigenvalue weighted by molar-refractivity contribution is 9.10. The minimum absolute atomic E-state index is 0.310. The van der Waals surface area contributed by atoms with Gasteiger partial charge in [0.05, 0.1) is 6.04 Å². The number of hydrogen-bond donors (Lipinski definition) is 2. The summed E-state index contributed by atoms with van der Waals surface area (Å²) in [5, 5.41) is 0. The van der Waals surface area contributed by atoms with Gasteiger partial charge in [-0.1, -0.05) is 22.0 Å². The Morgan fingerprint density at radius 3 is 2.78 bits per heavy atom. The van der Waals surface area contributed by atoms with E-state index in [9.17, 15) is 4.39 Å². The molecule has 1 aromatic carbocycles. The van der Waals surface area contributed by atoms with Gasteiger partial charge in [-0.15, -0.1) is 0 Å². The molecule has 0 aliphatic carbocycles. The average Bonchev–Trinajstić information content (AvgIpc) is 2.35. The molecular weight excluding hydrogens is 297 g/mol. The molecule has 0 amide bonds. The third-order valence-corrected chi connectivity index (χ3v) is 3.54. The average molecular weight is 310 g/mol. The molecule has 0 aliphatic heterocycles. The number of pyridine rings is 1. The number of hydrazine groups is 1. The van der Waals surface area contributed by atoms with Crippen LogP contribution in [-0.2, 0) is 0 Å². The van der Waals surface area contributed by atoms with Crippen molar-refractivity contribution in [2.45, 2.75) is 13.0 Å². The van der Waals surface area contributed by atoms with Gasteiger partial charge in [0.2, 0.25) is 0 Å². The molecule has 2 rings (SSSR count). The monoisotopic (exact) mass is 309 g/mol. The fourth-order valence-electron chi connectivity index (χ4n) is 1.89. The van der Waals surface area contributed by atoms with Crippen LogP contribution in [0.2, 0.25) is 0 Å². The Morgan fingerprint density at radius 2 is 2.17 bits per heavy atom. The van der Waals surface area contributed by atoms with Crippen molar-refractivity contribution in [3.05, 3.63) is 63.6 Å². The van der Waals surface area contributed by atoms with Gasteiger partial charge in [-0.25, -0.2) is 9.82 Å². The first-order chi connectivity index (χ1) is 8.65. The van der Waals surface area contributed by atoms with Crippen LogP contribution in [0.1, 0.15) is 22.7 Å². The van der Waals surface area contributed by atoms with E-state index in [1.54, 1.807) is 24.5 Å². The first kappa shape index (κ1) is 13.1. The zero-order chi connectivity index (χ0) is 13.1. The molecule has 0 bridgehead atoms. The van der Waals surface area contributed by atoms with Crippen LogP contribution in [0.25, 0.3) is 0 Å². The van der Waals surface area contributed by atoms with Crippen LogP contribution in [0.5, 0.6) is 0 Å². The maximum atomic E-state index is 14.0. The number of rotatable bonds is 3. The van der Waals surface area contributed by atoms with Crippen LogP contribution in [0.15, 0.2) is 41.1 Å². The van der Waals surface area contributed by atoms with Crippen LogP contribution in [0.4, 0.5) is 4.39 Å². The quantitative estimate of drug-likeness (QED) is 0.677. The molecular formula is C13H13BrFN3. The molecule has 0 spiro atoms. The van der Waals surface area contributed by atoms with Gasteiger partial charge in [0.1, 0.15) is 5.82 Å². The fraction of sp³-hybridized carbons (Fsp3) is 0.154. The van der Waals surface area contributed by atoms with E-state index in [2.05, 4.69) is 26.3 Å². The first-order valence-electron chi connectivity index (χ1n) is 5.45. The minimum Gasteiger partial charge on any atom is -0.271 e. The SMILES string of the molecule is Cc1ccncc1C(NN)c1c(F)cccc1Br. The highest BCUT2D eigenvalue weighted by Gasteiger charge is 2.20. The molecule has 5 heteroatoms. The maximum Gasteiger partial charge on any atom is 0.129 e. The Bertz CT molecular complexity index is 539. The summed E-state index contributed by atoms with van der Waals surface area (Å²) >= 11 is 3.35. The molecule has 0 saturated heterocycles. The molecule has 0 radical (unpaired) electrons. The van der Waals surface area contributed by atoms with Crippen molar-refractivity contribution in [3.63, 3.8) is 0 Å². The topological polar surface area (TPSA) is 50.9 Å². The van der Waals surface area contributed by atoms with E-state index in [4.69, 9.17) is 5.84 Å². The summed E-state index contributed by atoms with van der Waals surface area (Å²) in [6.45, 7) is 1.94. The standard InChI is InChI=1S/C13H13BrFN3/c1-8-5-6-17-7-9(8)13(18-16)12-10(14)3-2-4-11(12)15/h2-7,13,18H,16H2,1H3. The van der Waals surface area contributed by atoms with Crippen LogP contribution < -0.4 is 11.3 Å². The zero-order valence-corrected chi connectivity index (χ0v) is 11.4. The lowest BCUT2D eigenvalue weighted by atomic mass is 9.97.